The van der Waals surface area contributed by atoms with Crippen LogP contribution in [0.15, 0.2) is 60.0 Å². The normalized spacial score (nSPS) is 11.0. The molecule has 0 saturated heterocycles. The van der Waals surface area contributed by atoms with Gasteiger partial charge in [-0.15, -0.1) is 4.83 Å². The molecule has 6 heteroatoms. The van der Waals surface area contributed by atoms with Crippen molar-refractivity contribution in [1.29, 1.82) is 0 Å². The summed E-state index contributed by atoms with van der Waals surface area (Å²) in [7, 11) is -3.68. The molecule has 0 aliphatic rings. The Bertz CT molecular complexity index is 766. The van der Waals surface area contributed by atoms with E-state index >= 15 is 0 Å². The fourth-order valence-electron chi connectivity index (χ4n) is 1.90. The first kappa shape index (κ1) is 17.1. The molecule has 122 valence electrons. The summed E-state index contributed by atoms with van der Waals surface area (Å²) < 4.78 is 29.8. The first-order valence-electron chi connectivity index (χ1n) is 7.19. The number of ether oxygens (including phenoxy) is 1. The minimum Gasteiger partial charge on any atom is -0.494 e. The molecule has 23 heavy (non-hydrogen) atoms. The molecular formula is C17H20N2O3S. The first-order chi connectivity index (χ1) is 10.9. The van der Waals surface area contributed by atoms with Crippen LogP contribution in [0.1, 0.15) is 18.1 Å². The zero-order valence-corrected chi connectivity index (χ0v) is 14.0. The van der Waals surface area contributed by atoms with Gasteiger partial charge in [0.15, 0.2) is 0 Å². The lowest BCUT2D eigenvalue weighted by molar-refractivity contribution is 0.340. The Morgan fingerprint density at radius 1 is 1.09 bits per heavy atom. The standard InChI is InChI=1S/C17H20N2O3S/c1-4-22-16-9-11-17(12-10-16)23(20,21)19-18-14(3)15-7-5-13(2)6-8-15/h5-12,18-19H,3-4H2,1-2H3. The lowest BCUT2D eigenvalue weighted by atomic mass is 10.1. The number of benzene rings is 2. The zero-order chi connectivity index (χ0) is 16.9. The molecule has 5 nitrogen and oxygen atoms in total. The molecular weight excluding hydrogens is 312 g/mol. The fraction of sp³-hybridized carbons (Fsp3) is 0.176. The van der Waals surface area contributed by atoms with Crippen molar-refractivity contribution in [1.82, 2.24) is 10.3 Å². The van der Waals surface area contributed by atoms with Crippen LogP contribution in [0.5, 0.6) is 5.75 Å². The topological polar surface area (TPSA) is 67.4 Å². The molecule has 0 spiro atoms. The average molecular weight is 332 g/mol. The largest absolute Gasteiger partial charge is 0.494 e. The van der Waals surface area contributed by atoms with E-state index < -0.39 is 10.0 Å². The van der Waals surface area contributed by atoms with Crippen LogP contribution < -0.4 is 15.0 Å². The highest BCUT2D eigenvalue weighted by Gasteiger charge is 2.14. The van der Waals surface area contributed by atoms with Crippen molar-refractivity contribution in [2.24, 2.45) is 0 Å². The van der Waals surface area contributed by atoms with Crippen molar-refractivity contribution in [3.63, 3.8) is 0 Å². The summed E-state index contributed by atoms with van der Waals surface area (Å²) in [5.41, 5.74) is 5.04. The summed E-state index contributed by atoms with van der Waals surface area (Å²) in [6.07, 6.45) is 0. The third kappa shape index (κ3) is 4.58. The highest BCUT2D eigenvalue weighted by atomic mass is 32.2. The molecule has 0 radical (unpaired) electrons. The summed E-state index contributed by atoms with van der Waals surface area (Å²) in [5, 5.41) is 0. The number of hydrogen-bond donors (Lipinski definition) is 2. The van der Waals surface area contributed by atoms with Crippen LogP contribution in [0.3, 0.4) is 0 Å². The zero-order valence-electron chi connectivity index (χ0n) is 13.2. The minimum absolute atomic E-state index is 0.144. The number of aryl methyl sites for hydroxylation is 1. The predicted molar refractivity (Wildman–Crippen MR) is 91.3 cm³/mol. The van der Waals surface area contributed by atoms with Gasteiger partial charge in [-0.25, -0.2) is 8.42 Å². The van der Waals surface area contributed by atoms with Gasteiger partial charge in [0.1, 0.15) is 5.75 Å². The Balaban J connectivity index is 2.03. The van der Waals surface area contributed by atoms with Crippen LogP contribution in [-0.2, 0) is 10.0 Å². The summed E-state index contributed by atoms with van der Waals surface area (Å²) >= 11 is 0. The van der Waals surface area contributed by atoms with Crippen molar-refractivity contribution < 1.29 is 13.2 Å². The lowest BCUT2D eigenvalue weighted by Crippen LogP contribution is -2.35. The van der Waals surface area contributed by atoms with Crippen molar-refractivity contribution >= 4 is 15.7 Å². The maximum absolute atomic E-state index is 12.2. The number of hydrogen-bond acceptors (Lipinski definition) is 4. The Hall–Kier alpha value is -2.31. The fourth-order valence-corrected chi connectivity index (χ4v) is 2.77. The predicted octanol–water partition coefficient (Wildman–Crippen LogP) is 2.85. The van der Waals surface area contributed by atoms with E-state index in [9.17, 15) is 8.42 Å². The van der Waals surface area contributed by atoms with Gasteiger partial charge in [-0.1, -0.05) is 36.4 Å². The molecule has 2 N–H and O–H groups in total. The molecule has 0 amide bonds. The summed E-state index contributed by atoms with van der Waals surface area (Å²) in [6.45, 7) is 8.21. The van der Waals surface area contributed by atoms with Crippen LogP contribution in [0.2, 0.25) is 0 Å². The van der Waals surface area contributed by atoms with E-state index in [1.165, 1.54) is 12.1 Å². The third-order valence-electron chi connectivity index (χ3n) is 3.18. The summed E-state index contributed by atoms with van der Waals surface area (Å²) in [5.74, 6) is 0.628. The number of hydrazine groups is 1. The quantitative estimate of drug-likeness (QED) is 0.765. The highest BCUT2D eigenvalue weighted by molar-refractivity contribution is 7.89. The Morgan fingerprint density at radius 3 is 2.26 bits per heavy atom. The van der Waals surface area contributed by atoms with Gasteiger partial charge in [0.05, 0.1) is 11.5 Å². The molecule has 0 unspecified atom stereocenters. The van der Waals surface area contributed by atoms with Crippen molar-refractivity contribution in [3.8, 4) is 5.75 Å². The molecule has 0 heterocycles. The van der Waals surface area contributed by atoms with E-state index in [4.69, 9.17) is 4.74 Å². The molecule has 2 aromatic rings. The Labute approximate surface area is 137 Å². The van der Waals surface area contributed by atoms with Gasteiger partial charge in [-0.2, -0.15) is 0 Å². The second-order valence-electron chi connectivity index (χ2n) is 4.98. The third-order valence-corrected chi connectivity index (χ3v) is 4.44. The van der Waals surface area contributed by atoms with Crippen LogP contribution >= 0.6 is 0 Å². The molecule has 0 aromatic heterocycles. The van der Waals surface area contributed by atoms with Crippen molar-refractivity contribution in [3.05, 3.63) is 66.2 Å². The Morgan fingerprint density at radius 2 is 1.70 bits per heavy atom. The number of rotatable bonds is 7. The molecule has 0 bridgehead atoms. The molecule has 0 atom stereocenters. The van der Waals surface area contributed by atoms with E-state index in [2.05, 4.69) is 16.8 Å². The molecule has 0 aliphatic heterocycles. The number of sulfonamides is 1. The SMILES string of the molecule is C=C(NNS(=O)(=O)c1ccc(OCC)cc1)c1ccc(C)cc1. The monoisotopic (exact) mass is 332 g/mol. The molecule has 2 aromatic carbocycles. The lowest BCUT2D eigenvalue weighted by Gasteiger charge is -2.12. The number of nitrogens with one attached hydrogen (secondary N) is 2. The van der Waals surface area contributed by atoms with Crippen molar-refractivity contribution in [2.75, 3.05) is 6.61 Å². The Kier molecular flexibility index (Phi) is 5.41. The smallest absolute Gasteiger partial charge is 0.257 e. The van der Waals surface area contributed by atoms with Crippen LogP contribution in [0.25, 0.3) is 5.70 Å². The van der Waals surface area contributed by atoms with E-state index in [-0.39, 0.29) is 4.90 Å². The van der Waals surface area contributed by atoms with E-state index in [0.29, 0.717) is 18.1 Å². The second-order valence-corrected chi connectivity index (χ2v) is 6.66. The average Bonchev–Trinajstić information content (AvgIpc) is 2.54. The van der Waals surface area contributed by atoms with E-state index in [1.807, 2.05) is 38.1 Å². The maximum atomic E-state index is 12.2. The maximum Gasteiger partial charge on any atom is 0.257 e. The molecule has 0 saturated carbocycles. The van der Waals surface area contributed by atoms with Crippen LogP contribution in [0, 0.1) is 6.92 Å². The van der Waals surface area contributed by atoms with Gasteiger partial charge in [0.2, 0.25) is 0 Å². The van der Waals surface area contributed by atoms with E-state index in [1.54, 1.807) is 12.1 Å². The van der Waals surface area contributed by atoms with Gasteiger partial charge < -0.3 is 10.2 Å². The highest BCUT2D eigenvalue weighted by Crippen LogP contribution is 2.16. The molecule has 0 fully saturated rings. The van der Waals surface area contributed by atoms with Crippen LogP contribution in [0.4, 0.5) is 0 Å². The van der Waals surface area contributed by atoms with Gasteiger partial charge in [-0.3, -0.25) is 0 Å². The van der Waals surface area contributed by atoms with Gasteiger partial charge in [0.25, 0.3) is 10.0 Å². The van der Waals surface area contributed by atoms with Crippen molar-refractivity contribution in [2.45, 2.75) is 18.7 Å². The molecule has 2 rings (SSSR count). The second kappa shape index (κ2) is 7.30. The molecule has 0 aliphatic carbocycles. The van der Waals surface area contributed by atoms with Gasteiger partial charge in [-0.05, 0) is 43.7 Å². The minimum atomic E-state index is -3.68. The van der Waals surface area contributed by atoms with Gasteiger partial charge in [0, 0.05) is 5.70 Å². The first-order valence-corrected chi connectivity index (χ1v) is 8.67. The summed E-state index contributed by atoms with van der Waals surface area (Å²) in [6, 6.07) is 13.8. The van der Waals surface area contributed by atoms with Gasteiger partial charge >= 0.3 is 0 Å². The van der Waals surface area contributed by atoms with E-state index in [0.717, 1.165) is 11.1 Å². The summed E-state index contributed by atoms with van der Waals surface area (Å²) in [4.78, 5) is 2.47. The van der Waals surface area contributed by atoms with Crippen LogP contribution in [-0.4, -0.2) is 15.0 Å².